The molecule has 2 aromatic heterocycles. The number of hydrogen-bond acceptors (Lipinski definition) is 4. The molecule has 0 fully saturated rings. The molecule has 2 heterocycles. The zero-order valence-electron chi connectivity index (χ0n) is 15.5. The fourth-order valence-corrected chi connectivity index (χ4v) is 3.85. The average Bonchev–Trinajstić information content (AvgIpc) is 3.18. The van der Waals surface area contributed by atoms with Crippen LogP contribution in [-0.2, 0) is 10.0 Å². The largest absolute Gasteiger partial charge is 0.270 e. The second kappa shape index (κ2) is 7.05. The molecule has 0 saturated heterocycles. The van der Waals surface area contributed by atoms with Crippen LogP contribution in [0.1, 0.15) is 19.9 Å². The van der Waals surface area contributed by atoms with Crippen molar-refractivity contribution in [2.75, 3.05) is 4.72 Å². The van der Waals surface area contributed by atoms with Gasteiger partial charge in [0.1, 0.15) is 12.4 Å². The minimum absolute atomic E-state index is 0.167. The Morgan fingerprint density at radius 3 is 2.25 bits per heavy atom. The SMILES string of the molecule is CC(C)[n+]1ccn(-c2nc3ccccc3nc2NS(=O)(=O)c2ccccc2)c1. The van der Waals surface area contributed by atoms with Gasteiger partial charge in [-0.05, 0) is 38.1 Å². The molecule has 142 valence electrons. The number of nitrogens with zero attached hydrogens (tertiary/aromatic N) is 4. The van der Waals surface area contributed by atoms with Crippen molar-refractivity contribution < 1.29 is 13.0 Å². The Bertz CT molecular complexity index is 1230. The van der Waals surface area contributed by atoms with Crippen LogP contribution in [0.2, 0.25) is 0 Å². The van der Waals surface area contributed by atoms with Crippen LogP contribution >= 0.6 is 0 Å². The molecule has 0 spiro atoms. The summed E-state index contributed by atoms with van der Waals surface area (Å²) in [6.45, 7) is 4.13. The highest BCUT2D eigenvalue weighted by molar-refractivity contribution is 7.92. The van der Waals surface area contributed by atoms with Gasteiger partial charge in [0.2, 0.25) is 5.82 Å². The molecule has 7 nitrogen and oxygen atoms in total. The number of rotatable bonds is 5. The van der Waals surface area contributed by atoms with Gasteiger partial charge in [-0.1, -0.05) is 30.3 Å². The number of hydrogen-bond donors (Lipinski definition) is 1. The molecule has 8 heteroatoms. The first-order chi connectivity index (χ1) is 13.4. The van der Waals surface area contributed by atoms with Gasteiger partial charge in [-0.25, -0.2) is 23.0 Å². The minimum atomic E-state index is -3.79. The molecule has 0 amide bonds. The Morgan fingerprint density at radius 1 is 0.964 bits per heavy atom. The summed E-state index contributed by atoms with van der Waals surface area (Å²) in [5.41, 5.74) is 1.30. The third-order valence-electron chi connectivity index (χ3n) is 4.33. The van der Waals surface area contributed by atoms with Crippen molar-refractivity contribution in [3.63, 3.8) is 0 Å². The highest BCUT2D eigenvalue weighted by atomic mass is 32.2. The zero-order chi connectivity index (χ0) is 19.7. The molecular formula is C20H20N5O2S+. The summed E-state index contributed by atoms with van der Waals surface area (Å²) in [7, 11) is -3.79. The van der Waals surface area contributed by atoms with Crippen molar-refractivity contribution in [2.45, 2.75) is 24.8 Å². The fraction of sp³-hybridized carbons (Fsp3) is 0.150. The van der Waals surface area contributed by atoms with E-state index in [9.17, 15) is 8.42 Å². The first kappa shape index (κ1) is 18.1. The van der Waals surface area contributed by atoms with E-state index < -0.39 is 10.0 Å². The van der Waals surface area contributed by atoms with Crippen molar-refractivity contribution in [3.05, 3.63) is 73.3 Å². The Labute approximate surface area is 163 Å². The van der Waals surface area contributed by atoms with Gasteiger partial charge in [-0.15, -0.1) is 0 Å². The second-order valence-electron chi connectivity index (χ2n) is 6.66. The van der Waals surface area contributed by atoms with Gasteiger partial charge in [0.05, 0.1) is 22.0 Å². The van der Waals surface area contributed by atoms with Crippen LogP contribution in [0.25, 0.3) is 16.9 Å². The Kier molecular flexibility index (Phi) is 4.56. The van der Waals surface area contributed by atoms with E-state index in [0.29, 0.717) is 16.9 Å². The number of para-hydroxylation sites is 2. The van der Waals surface area contributed by atoms with Crippen LogP contribution < -0.4 is 9.29 Å². The highest BCUT2D eigenvalue weighted by Gasteiger charge is 2.22. The van der Waals surface area contributed by atoms with E-state index in [2.05, 4.69) is 28.5 Å². The Hall–Kier alpha value is -3.26. The van der Waals surface area contributed by atoms with Crippen LogP contribution in [0.5, 0.6) is 0 Å². The zero-order valence-corrected chi connectivity index (χ0v) is 16.3. The molecule has 4 rings (SSSR count). The third kappa shape index (κ3) is 3.46. The lowest BCUT2D eigenvalue weighted by Gasteiger charge is -2.10. The first-order valence-corrected chi connectivity index (χ1v) is 10.4. The molecule has 0 saturated carbocycles. The van der Waals surface area contributed by atoms with Gasteiger partial charge in [-0.3, -0.25) is 4.72 Å². The summed E-state index contributed by atoms with van der Waals surface area (Å²) in [6.07, 6.45) is 5.61. The Morgan fingerprint density at radius 2 is 1.61 bits per heavy atom. The lowest BCUT2D eigenvalue weighted by atomic mass is 10.3. The van der Waals surface area contributed by atoms with Crippen LogP contribution in [0.15, 0.2) is 78.2 Å². The lowest BCUT2D eigenvalue weighted by molar-refractivity contribution is -0.715. The standard InChI is InChI=1S/C20H20N5O2S/c1-15(2)24-12-13-25(14-24)20-19(21-17-10-6-7-11-18(17)22-20)23-28(26,27)16-8-4-3-5-9-16/h3-15H,1-2H3,(H,21,23)/q+1. The number of fused-ring (bicyclic) bond motifs is 1. The molecule has 4 aromatic rings. The average molecular weight is 394 g/mol. The van der Waals surface area contributed by atoms with Crippen molar-refractivity contribution in [1.29, 1.82) is 0 Å². The fourth-order valence-electron chi connectivity index (χ4n) is 2.83. The molecule has 0 atom stereocenters. The summed E-state index contributed by atoms with van der Waals surface area (Å²) >= 11 is 0. The van der Waals surface area contributed by atoms with E-state index in [1.807, 2.05) is 41.5 Å². The van der Waals surface area contributed by atoms with Crippen molar-refractivity contribution >= 4 is 26.9 Å². The quantitative estimate of drug-likeness (QED) is 0.528. The van der Waals surface area contributed by atoms with Gasteiger partial charge in [0.25, 0.3) is 22.2 Å². The number of sulfonamides is 1. The van der Waals surface area contributed by atoms with Gasteiger partial charge in [-0.2, -0.15) is 4.57 Å². The van der Waals surface area contributed by atoms with Gasteiger partial charge < -0.3 is 0 Å². The van der Waals surface area contributed by atoms with E-state index >= 15 is 0 Å². The summed E-state index contributed by atoms with van der Waals surface area (Å²) < 4.78 is 32.1. The van der Waals surface area contributed by atoms with E-state index in [-0.39, 0.29) is 16.8 Å². The normalized spacial score (nSPS) is 11.8. The molecular weight excluding hydrogens is 374 g/mol. The van der Waals surface area contributed by atoms with Gasteiger partial charge in [0, 0.05) is 0 Å². The molecule has 0 bridgehead atoms. The number of imidazole rings is 1. The number of aromatic nitrogens is 4. The maximum atomic E-state index is 12.8. The van der Waals surface area contributed by atoms with E-state index in [4.69, 9.17) is 0 Å². The van der Waals surface area contributed by atoms with Crippen LogP contribution in [0.4, 0.5) is 5.82 Å². The molecule has 0 aliphatic carbocycles. The van der Waals surface area contributed by atoms with Gasteiger partial charge >= 0.3 is 0 Å². The topological polar surface area (TPSA) is 80.8 Å². The van der Waals surface area contributed by atoms with E-state index in [0.717, 1.165) is 0 Å². The smallest absolute Gasteiger partial charge is 0.258 e. The monoisotopic (exact) mass is 394 g/mol. The Balaban J connectivity index is 1.86. The maximum absolute atomic E-state index is 12.8. The molecule has 0 aliphatic rings. The second-order valence-corrected chi connectivity index (χ2v) is 8.35. The van der Waals surface area contributed by atoms with E-state index in [1.54, 1.807) is 41.0 Å². The van der Waals surface area contributed by atoms with Crippen LogP contribution in [0, 0.1) is 0 Å². The van der Waals surface area contributed by atoms with Crippen LogP contribution in [-0.4, -0.2) is 23.0 Å². The highest BCUT2D eigenvalue weighted by Crippen LogP contribution is 2.23. The number of nitrogens with one attached hydrogen (secondary N) is 1. The van der Waals surface area contributed by atoms with Gasteiger partial charge in [0.15, 0.2) is 0 Å². The molecule has 1 N–H and O–H groups in total. The predicted molar refractivity (Wildman–Crippen MR) is 107 cm³/mol. The van der Waals surface area contributed by atoms with E-state index in [1.165, 1.54) is 0 Å². The molecule has 28 heavy (non-hydrogen) atoms. The third-order valence-corrected chi connectivity index (χ3v) is 5.69. The first-order valence-electron chi connectivity index (χ1n) is 8.88. The van der Waals surface area contributed by atoms with Crippen molar-refractivity contribution in [1.82, 2.24) is 14.5 Å². The summed E-state index contributed by atoms with van der Waals surface area (Å²) in [5.74, 6) is 0.590. The van der Waals surface area contributed by atoms with Crippen molar-refractivity contribution in [2.24, 2.45) is 0 Å². The maximum Gasteiger partial charge on any atom is 0.270 e. The minimum Gasteiger partial charge on any atom is -0.258 e. The van der Waals surface area contributed by atoms with Crippen LogP contribution in [0.3, 0.4) is 0 Å². The summed E-state index contributed by atoms with van der Waals surface area (Å²) in [4.78, 5) is 9.36. The lowest BCUT2D eigenvalue weighted by Crippen LogP contribution is -2.33. The molecule has 0 aliphatic heterocycles. The number of anilines is 1. The predicted octanol–water partition coefficient (Wildman–Crippen LogP) is 3.09. The van der Waals surface area contributed by atoms with Crippen molar-refractivity contribution in [3.8, 4) is 5.82 Å². The molecule has 2 aromatic carbocycles. The summed E-state index contributed by atoms with van der Waals surface area (Å²) in [6, 6.07) is 15.8. The molecule has 0 radical (unpaired) electrons. The molecule has 0 unspecified atom stereocenters. The number of benzene rings is 2. The summed E-state index contributed by atoms with van der Waals surface area (Å²) in [5, 5.41) is 0.